The van der Waals surface area contributed by atoms with Gasteiger partial charge in [0.15, 0.2) is 0 Å². The predicted molar refractivity (Wildman–Crippen MR) is 51.0 cm³/mol. The van der Waals surface area contributed by atoms with Gasteiger partial charge in [0.25, 0.3) is 0 Å². The second-order valence-corrected chi connectivity index (χ2v) is 4.14. The fourth-order valence-corrected chi connectivity index (χ4v) is 2.22. The molecule has 0 spiro atoms. The molecule has 1 saturated carbocycles. The Bertz CT molecular complexity index is 141. The van der Waals surface area contributed by atoms with Crippen LogP contribution in [-0.4, -0.2) is 5.78 Å². The number of carbonyl (C=O) groups is 1. The summed E-state index contributed by atoms with van der Waals surface area (Å²) in [6.07, 6.45) is 6.61. The molecule has 0 aromatic rings. The van der Waals surface area contributed by atoms with Crippen molar-refractivity contribution >= 4 is 5.78 Å². The zero-order chi connectivity index (χ0) is 8.97. The van der Waals surface area contributed by atoms with E-state index in [1.165, 1.54) is 12.8 Å². The summed E-state index contributed by atoms with van der Waals surface area (Å²) < 4.78 is 0. The molecule has 0 bridgehead atoms. The van der Waals surface area contributed by atoms with Crippen molar-refractivity contribution in [3.63, 3.8) is 0 Å². The van der Waals surface area contributed by atoms with Gasteiger partial charge in [-0.3, -0.25) is 4.79 Å². The standard InChI is InChI=1S/C11H20O/c1-3-4-9(2)10-5-7-11(12)8-6-10/h9-10H,3-8H2,1-2H3/t9-/m1/s1. The van der Waals surface area contributed by atoms with Crippen LogP contribution in [0, 0.1) is 11.8 Å². The molecule has 0 unspecified atom stereocenters. The van der Waals surface area contributed by atoms with Crippen molar-refractivity contribution in [3.05, 3.63) is 0 Å². The fourth-order valence-electron chi connectivity index (χ4n) is 2.22. The minimum absolute atomic E-state index is 0.481. The van der Waals surface area contributed by atoms with Crippen LogP contribution in [0.5, 0.6) is 0 Å². The summed E-state index contributed by atoms with van der Waals surface area (Å²) in [4.78, 5) is 11.0. The van der Waals surface area contributed by atoms with E-state index in [0.717, 1.165) is 37.5 Å². The van der Waals surface area contributed by atoms with Crippen LogP contribution in [0.4, 0.5) is 0 Å². The summed E-state index contributed by atoms with van der Waals surface area (Å²) >= 11 is 0. The molecule has 0 saturated heterocycles. The van der Waals surface area contributed by atoms with Crippen molar-refractivity contribution in [2.24, 2.45) is 11.8 Å². The third-order valence-corrected chi connectivity index (χ3v) is 3.14. The molecule has 1 nitrogen and oxygen atoms in total. The summed E-state index contributed by atoms with van der Waals surface area (Å²) in [5, 5.41) is 0. The Morgan fingerprint density at radius 2 is 2.00 bits per heavy atom. The molecule has 0 heterocycles. The van der Waals surface area contributed by atoms with Gasteiger partial charge in [0.1, 0.15) is 5.78 Å². The van der Waals surface area contributed by atoms with E-state index in [4.69, 9.17) is 0 Å². The highest BCUT2D eigenvalue weighted by Crippen LogP contribution is 2.30. The third-order valence-electron chi connectivity index (χ3n) is 3.14. The first-order chi connectivity index (χ1) is 5.74. The highest BCUT2D eigenvalue weighted by molar-refractivity contribution is 5.79. The van der Waals surface area contributed by atoms with Crippen LogP contribution >= 0.6 is 0 Å². The quantitative estimate of drug-likeness (QED) is 0.632. The van der Waals surface area contributed by atoms with Crippen LogP contribution in [0.15, 0.2) is 0 Å². The lowest BCUT2D eigenvalue weighted by Gasteiger charge is -2.26. The van der Waals surface area contributed by atoms with Crippen molar-refractivity contribution in [3.8, 4) is 0 Å². The minimum Gasteiger partial charge on any atom is -0.300 e. The van der Waals surface area contributed by atoms with E-state index in [-0.39, 0.29) is 0 Å². The second kappa shape index (κ2) is 4.64. The van der Waals surface area contributed by atoms with E-state index < -0.39 is 0 Å². The van der Waals surface area contributed by atoms with Crippen LogP contribution in [0.2, 0.25) is 0 Å². The average Bonchev–Trinajstić information content (AvgIpc) is 2.06. The molecular weight excluding hydrogens is 148 g/mol. The van der Waals surface area contributed by atoms with Gasteiger partial charge >= 0.3 is 0 Å². The number of ketones is 1. The molecular formula is C11H20O. The van der Waals surface area contributed by atoms with Crippen LogP contribution in [0.3, 0.4) is 0 Å². The number of hydrogen-bond donors (Lipinski definition) is 0. The van der Waals surface area contributed by atoms with Gasteiger partial charge in [-0.15, -0.1) is 0 Å². The summed E-state index contributed by atoms with van der Waals surface area (Å²) in [5.41, 5.74) is 0. The van der Waals surface area contributed by atoms with Crippen molar-refractivity contribution in [1.82, 2.24) is 0 Å². The molecule has 1 heteroatoms. The van der Waals surface area contributed by atoms with Gasteiger partial charge < -0.3 is 0 Å². The summed E-state index contributed by atoms with van der Waals surface area (Å²) in [6, 6.07) is 0. The summed E-state index contributed by atoms with van der Waals surface area (Å²) in [7, 11) is 0. The van der Waals surface area contributed by atoms with Gasteiger partial charge in [-0.25, -0.2) is 0 Å². The minimum atomic E-state index is 0.481. The van der Waals surface area contributed by atoms with E-state index in [1.54, 1.807) is 0 Å². The van der Waals surface area contributed by atoms with E-state index in [1.807, 2.05) is 0 Å². The molecule has 1 atom stereocenters. The average molecular weight is 168 g/mol. The largest absolute Gasteiger partial charge is 0.300 e. The molecule has 1 aliphatic carbocycles. The zero-order valence-electron chi connectivity index (χ0n) is 8.31. The van der Waals surface area contributed by atoms with Crippen molar-refractivity contribution < 1.29 is 4.79 Å². The maximum atomic E-state index is 11.0. The smallest absolute Gasteiger partial charge is 0.132 e. The second-order valence-electron chi connectivity index (χ2n) is 4.14. The van der Waals surface area contributed by atoms with Crippen molar-refractivity contribution in [2.75, 3.05) is 0 Å². The lowest BCUT2D eigenvalue weighted by molar-refractivity contribution is -0.121. The Morgan fingerprint density at radius 3 is 2.50 bits per heavy atom. The van der Waals surface area contributed by atoms with E-state index in [2.05, 4.69) is 13.8 Å². The molecule has 0 aliphatic heterocycles. The first-order valence-corrected chi connectivity index (χ1v) is 5.25. The highest BCUT2D eigenvalue weighted by Gasteiger charge is 2.22. The summed E-state index contributed by atoms with van der Waals surface area (Å²) in [6.45, 7) is 4.58. The maximum Gasteiger partial charge on any atom is 0.132 e. The van der Waals surface area contributed by atoms with Crippen LogP contribution in [0.1, 0.15) is 52.4 Å². The molecule has 1 fully saturated rings. The SMILES string of the molecule is CCC[C@@H](C)C1CCC(=O)CC1. The zero-order valence-corrected chi connectivity index (χ0v) is 8.31. The van der Waals surface area contributed by atoms with E-state index in [9.17, 15) is 4.79 Å². The van der Waals surface area contributed by atoms with Gasteiger partial charge in [-0.1, -0.05) is 26.7 Å². The molecule has 0 radical (unpaired) electrons. The normalized spacial score (nSPS) is 22.7. The molecule has 0 amide bonds. The van der Waals surface area contributed by atoms with Gasteiger partial charge in [-0.2, -0.15) is 0 Å². The maximum absolute atomic E-state index is 11.0. The molecule has 70 valence electrons. The first-order valence-electron chi connectivity index (χ1n) is 5.25. The Kier molecular flexibility index (Phi) is 3.77. The monoisotopic (exact) mass is 168 g/mol. The Balaban J connectivity index is 2.28. The number of carbonyl (C=O) groups excluding carboxylic acids is 1. The highest BCUT2D eigenvalue weighted by atomic mass is 16.1. The Hall–Kier alpha value is -0.330. The predicted octanol–water partition coefficient (Wildman–Crippen LogP) is 3.18. The number of rotatable bonds is 3. The molecule has 0 aromatic heterocycles. The lowest BCUT2D eigenvalue weighted by atomic mass is 9.79. The van der Waals surface area contributed by atoms with Crippen LogP contribution in [0.25, 0.3) is 0 Å². The number of hydrogen-bond acceptors (Lipinski definition) is 1. The Labute approximate surface area is 75.5 Å². The van der Waals surface area contributed by atoms with Gasteiger partial charge in [-0.05, 0) is 24.7 Å². The molecule has 1 rings (SSSR count). The number of Topliss-reactive ketones (excluding diaryl/α,β-unsaturated/α-hetero) is 1. The topological polar surface area (TPSA) is 17.1 Å². The van der Waals surface area contributed by atoms with Gasteiger partial charge in [0, 0.05) is 12.8 Å². The molecule has 12 heavy (non-hydrogen) atoms. The van der Waals surface area contributed by atoms with Crippen LogP contribution < -0.4 is 0 Å². The molecule has 0 aromatic carbocycles. The lowest BCUT2D eigenvalue weighted by Crippen LogP contribution is -2.19. The van der Waals surface area contributed by atoms with Crippen LogP contribution in [-0.2, 0) is 4.79 Å². The third kappa shape index (κ3) is 2.62. The van der Waals surface area contributed by atoms with E-state index in [0.29, 0.717) is 5.78 Å². The van der Waals surface area contributed by atoms with Gasteiger partial charge in [0.2, 0.25) is 0 Å². The van der Waals surface area contributed by atoms with Crippen molar-refractivity contribution in [1.29, 1.82) is 0 Å². The van der Waals surface area contributed by atoms with E-state index >= 15 is 0 Å². The molecule has 1 aliphatic rings. The van der Waals surface area contributed by atoms with Gasteiger partial charge in [0.05, 0.1) is 0 Å². The summed E-state index contributed by atoms with van der Waals surface area (Å²) in [5.74, 6) is 2.15. The fraction of sp³-hybridized carbons (Fsp3) is 0.909. The van der Waals surface area contributed by atoms with Crippen molar-refractivity contribution in [2.45, 2.75) is 52.4 Å². The Morgan fingerprint density at radius 1 is 1.42 bits per heavy atom. The first kappa shape index (κ1) is 9.76. The molecule has 0 N–H and O–H groups in total.